The molecule has 0 unspecified atom stereocenters. The number of piperidine rings is 1. The van der Waals surface area contributed by atoms with Crippen LogP contribution in [-0.2, 0) is 16.0 Å². The molecule has 2 saturated heterocycles. The van der Waals surface area contributed by atoms with Crippen LogP contribution in [0.1, 0.15) is 31.2 Å². The highest BCUT2D eigenvalue weighted by Crippen LogP contribution is 2.33. The molecule has 2 heterocycles. The van der Waals surface area contributed by atoms with Gasteiger partial charge in [-0.2, -0.15) is 0 Å². The van der Waals surface area contributed by atoms with E-state index in [1.54, 1.807) is 7.11 Å². The summed E-state index contributed by atoms with van der Waals surface area (Å²) in [5, 5.41) is 0. The van der Waals surface area contributed by atoms with Crippen LogP contribution in [0.4, 0.5) is 0 Å². The van der Waals surface area contributed by atoms with Crippen molar-refractivity contribution in [2.45, 2.75) is 32.1 Å². The smallest absolute Gasteiger partial charge is 0.230 e. The summed E-state index contributed by atoms with van der Waals surface area (Å²) in [5.41, 5.74) is 6.94. The number of halogens is 1. The quantitative estimate of drug-likeness (QED) is 0.850. The van der Waals surface area contributed by atoms with Crippen LogP contribution in [0.15, 0.2) is 24.3 Å². The van der Waals surface area contributed by atoms with E-state index in [4.69, 9.17) is 15.2 Å². The monoisotopic (exact) mass is 382 g/mol. The van der Waals surface area contributed by atoms with E-state index in [1.165, 1.54) is 5.56 Å². The average Bonchev–Trinajstić information content (AvgIpc) is 2.69. The topological polar surface area (TPSA) is 64.8 Å². The fourth-order valence-electron chi connectivity index (χ4n) is 4.04. The van der Waals surface area contributed by atoms with Crippen molar-refractivity contribution in [3.05, 3.63) is 29.8 Å². The fraction of sp³-hybridized carbons (Fsp3) is 0.650. The van der Waals surface area contributed by atoms with Crippen molar-refractivity contribution in [1.82, 2.24) is 4.90 Å². The molecule has 0 aromatic heterocycles. The van der Waals surface area contributed by atoms with Gasteiger partial charge >= 0.3 is 0 Å². The Morgan fingerprint density at radius 2 is 1.85 bits per heavy atom. The maximum Gasteiger partial charge on any atom is 0.230 e. The van der Waals surface area contributed by atoms with Crippen molar-refractivity contribution in [3.63, 3.8) is 0 Å². The zero-order chi connectivity index (χ0) is 17.7. The molecule has 0 aliphatic carbocycles. The van der Waals surface area contributed by atoms with Gasteiger partial charge in [-0.1, -0.05) is 12.1 Å². The molecule has 1 aromatic rings. The van der Waals surface area contributed by atoms with E-state index in [-0.39, 0.29) is 23.7 Å². The highest BCUT2D eigenvalue weighted by molar-refractivity contribution is 5.85. The van der Waals surface area contributed by atoms with Crippen LogP contribution in [0.3, 0.4) is 0 Å². The van der Waals surface area contributed by atoms with E-state index < -0.39 is 0 Å². The third-order valence-corrected chi connectivity index (χ3v) is 5.88. The normalized spacial score (nSPS) is 20.3. The maximum atomic E-state index is 13.0. The van der Waals surface area contributed by atoms with E-state index in [9.17, 15) is 4.79 Å². The first-order valence-corrected chi connectivity index (χ1v) is 9.37. The molecule has 0 bridgehead atoms. The summed E-state index contributed by atoms with van der Waals surface area (Å²) in [6.07, 6.45) is 4.72. The highest BCUT2D eigenvalue weighted by atomic mass is 35.5. The average molecular weight is 383 g/mol. The minimum atomic E-state index is -0.388. The van der Waals surface area contributed by atoms with Gasteiger partial charge in [-0.3, -0.25) is 4.79 Å². The molecule has 1 aromatic carbocycles. The minimum absolute atomic E-state index is 0. The number of hydrogen-bond acceptors (Lipinski definition) is 4. The second-order valence-corrected chi connectivity index (χ2v) is 7.38. The summed E-state index contributed by atoms with van der Waals surface area (Å²) < 4.78 is 10.6. The second-order valence-electron chi connectivity index (χ2n) is 7.38. The van der Waals surface area contributed by atoms with Crippen LogP contribution in [0, 0.1) is 11.3 Å². The van der Waals surface area contributed by atoms with Crippen molar-refractivity contribution in [3.8, 4) is 5.75 Å². The van der Waals surface area contributed by atoms with Crippen molar-refractivity contribution < 1.29 is 14.3 Å². The van der Waals surface area contributed by atoms with Crippen LogP contribution < -0.4 is 10.5 Å². The van der Waals surface area contributed by atoms with Crippen LogP contribution >= 0.6 is 12.4 Å². The van der Waals surface area contributed by atoms with Gasteiger partial charge in [0, 0.05) is 32.8 Å². The lowest BCUT2D eigenvalue weighted by atomic mass is 9.78. The molecule has 26 heavy (non-hydrogen) atoms. The van der Waals surface area contributed by atoms with Crippen molar-refractivity contribution in [2.24, 2.45) is 17.1 Å². The highest BCUT2D eigenvalue weighted by Gasteiger charge is 2.42. The third kappa shape index (κ3) is 4.70. The molecule has 0 saturated carbocycles. The number of carbonyl (C=O) groups excluding carboxylic acids is 1. The predicted molar refractivity (Wildman–Crippen MR) is 105 cm³/mol. The molecule has 6 heteroatoms. The Hall–Kier alpha value is -1.30. The maximum absolute atomic E-state index is 13.0. The van der Waals surface area contributed by atoms with Gasteiger partial charge in [-0.05, 0) is 55.7 Å². The first-order chi connectivity index (χ1) is 12.2. The van der Waals surface area contributed by atoms with Crippen molar-refractivity contribution in [2.75, 3.05) is 40.0 Å². The molecule has 0 radical (unpaired) electrons. The number of amides is 1. The Labute approximate surface area is 162 Å². The second kappa shape index (κ2) is 9.58. The molecular formula is C20H31ClN2O3. The van der Waals surface area contributed by atoms with Gasteiger partial charge in [-0.15, -0.1) is 12.4 Å². The molecule has 1 amide bonds. The van der Waals surface area contributed by atoms with Crippen molar-refractivity contribution in [1.29, 1.82) is 0 Å². The Bertz CT molecular complexity index is 565. The number of benzene rings is 1. The molecule has 2 aliphatic rings. The molecule has 2 N–H and O–H groups in total. The standard InChI is InChI=1S/C20H30N2O3.ClH/c1-24-18-4-2-16(3-5-18)14-17-6-10-22(11-7-17)19(23)20(15-21)8-12-25-13-9-20;/h2-5,17H,6-15,21H2,1H3;1H. The molecule has 5 nitrogen and oxygen atoms in total. The van der Waals surface area contributed by atoms with Gasteiger partial charge in [-0.25, -0.2) is 0 Å². The van der Waals surface area contributed by atoms with Gasteiger partial charge in [0.05, 0.1) is 12.5 Å². The first kappa shape index (κ1) is 21.0. The van der Waals surface area contributed by atoms with Gasteiger partial charge in [0.25, 0.3) is 0 Å². The number of nitrogens with two attached hydrogens (primary N) is 1. The number of rotatable bonds is 5. The largest absolute Gasteiger partial charge is 0.497 e. The number of hydrogen-bond donors (Lipinski definition) is 1. The molecule has 146 valence electrons. The number of nitrogens with zero attached hydrogens (tertiary/aromatic N) is 1. The van der Waals surface area contributed by atoms with E-state index in [1.807, 2.05) is 17.0 Å². The molecular weight excluding hydrogens is 352 g/mol. The molecule has 3 rings (SSSR count). The number of methoxy groups -OCH3 is 1. The minimum Gasteiger partial charge on any atom is -0.497 e. The Kier molecular flexibility index (Phi) is 7.74. The molecule has 0 spiro atoms. The van der Waals surface area contributed by atoms with Crippen LogP contribution in [-0.4, -0.2) is 50.8 Å². The van der Waals surface area contributed by atoms with E-state index >= 15 is 0 Å². The summed E-state index contributed by atoms with van der Waals surface area (Å²) in [7, 11) is 1.69. The fourth-order valence-corrected chi connectivity index (χ4v) is 4.04. The molecule has 2 aliphatic heterocycles. The van der Waals surface area contributed by atoms with Gasteiger partial charge in [0.2, 0.25) is 5.91 Å². The zero-order valence-electron chi connectivity index (χ0n) is 15.6. The number of carbonyl (C=O) groups is 1. The predicted octanol–water partition coefficient (Wildman–Crippen LogP) is 2.65. The van der Waals surface area contributed by atoms with E-state index in [0.29, 0.717) is 25.7 Å². The molecule has 2 fully saturated rings. The third-order valence-electron chi connectivity index (χ3n) is 5.88. The summed E-state index contributed by atoms with van der Waals surface area (Å²) in [4.78, 5) is 15.1. The Morgan fingerprint density at radius 1 is 1.23 bits per heavy atom. The lowest BCUT2D eigenvalue weighted by Gasteiger charge is -2.41. The number of likely N-dealkylation sites (tertiary alicyclic amines) is 1. The van der Waals surface area contributed by atoms with E-state index in [0.717, 1.165) is 50.9 Å². The number of ether oxygens (including phenoxy) is 2. The van der Waals surface area contributed by atoms with Gasteiger partial charge < -0.3 is 20.1 Å². The first-order valence-electron chi connectivity index (χ1n) is 9.37. The summed E-state index contributed by atoms with van der Waals surface area (Å²) in [6, 6.07) is 8.32. The van der Waals surface area contributed by atoms with Crippen LogP contribution in [0.25, 0.3) is 0 Å². The lowest BCUT2D eigenvalue weighted by molar-refractivity contribution is -0.148. The summed E-state index contributed by atoms with van der Waals surface area (Å²) >= 11 is 0. The SMILES string of the molecule is COc1ccc(CC2CCN(C(=O)C3(CN)CCOCC3)CC2)cc1.Cl. The van der Waals surface area contributed by atoms with Crippen molar-refractivity contribution >= 4 is 18.3 Å². The van der Waals surface area contributed by atoms with E-state index in [2.05, 4.69) is 12.1 Å². The van der Waals surface area contributed by atoms with Crippen LogP contribution in [0.5, 0.6) is 5.75 Å². The van der Waals surface area contributed by atoms with Gasteiger partial charge in [0.1, 0.15) is 5.75 Å². The Morgan fingerprint density at radius 3 is 2.38 bits per heavy atom. The summed E-state index contributed by atoms with van der Waals surface area (Å²) in [6.45, 7) is 3.43. The lowest BCUT2D eigenvalue weighted by Crippen LogP contribution is -2.52. The zero-order valence-corrected chi connectivity index (χ0v) is 16.4. The van der Waals surface area contributed by atoms with Crippen LogP contribution in [0.2, 0.25) is 0 Å². The molecule has 0 atom stereocenters. The summed E-state index contributed by atoms with van der Waals surface area (Å²) in [5.74, 6) is 1.79. The van der Waals surface area contributed by atoms with Gasteiger partial charge in [0.15, 0.2) is 0 Å². The Balaban J connectivity index is 0.00000243.